The number of nitrogens with one attached hydrogen (secondary N) is 1. The molecule has 0 radical (unpaired) electrons. The number of carbonyl (C=O) groups excluding carboxylic acids is 1. The number of nitrogens with zero attached hydrogens (tertiary/aromatic N) is 1. The van der Waals surface area contributed by atoms with Gasteiger partial charge in [0.1, 0.15) is 5.82 Å². The number of urea groups is 1. The van der Waals surface area contributed by atoms with E-state index in [4.69, 9.17) is 11.6 Å². The second-order valence-corrected chi connectivity index (χ2v) is 6.27. The third-order valence-electron chi connectivity index (χ3n) is 3.25. The van der Waals surface area contributed by atoms with Gasteiger partial charge in [0.05, 0.1) is 0 Å². The second-order valence-electron chi connectivity index (χ2n) is 4.58. The molecule has 1 aromatic rings. The molecule has 0 bridgehead atoms. The van der Waals surface area contributed by atoms with E-state index in [9.17, 15) is 9.18 Å². The fraction of sp³-hybridized carbons (Fsp3) is 0.500. The summed E-state index contributed by atoms with van der Waals surface area (Å²) in [6, 6.07) is 6.79. The molecule has 6 heteroatoms. The summed E-state index contributed by atoms with van der Waals surface area (Å²) in [6.45, 7) is 1.80. The summed E-state index contributed by atoms with van der Waals surface area (Å²) in [4.78, 5) is 13.7. The lowest BCUT2D eigenvalue weighted by atomic mass is 10.1. The van der Waals surface area contributed by atoms with Crippen molar-refractivity contribution in [3.8, 4) is 0 Å². The maximum atomic E-state index is 13.8. The van der Waals surface area contributed by atoms with Crippen LogP contribution >= 0.6 is 23.4 Å². The van der Waals surface area contributed by atoms with E-state index in [1.54, 1.807) is 22.7 Å². The van der Waals surface area contributed by atoms with Crippen molar-refractivity contribution in [2.24, 2.45) is 0 Å². The zero-order valence-corrected chi connectivity index (χ0v) is 12.7. The molecule has 0 aromatic heterocycles. The Hall–Kier alpha value is -0.940. The van der Waals surface area contributed by atoms with Crippen LogP contribution in [0.1, 0.15) is 17.2 Å². The highest BCUT2D eigenvalue weighted by molar-refractivity contribution is 7.99. The molecule has 1 heterocycles. The molecule has 1 fully saturated rings. The van der Waals surface area contributed by atoms with Crippen LogP contribution in [0.25, 0.3) is 0 Å². The molecule has 20 heavy (non-hydrogen) atoms. The van der Waals surface area contributed by atoms with E-state index in [2.05, 4.69) is 5.32 Å². The van der Waals surface area contributed by atoms with E-state index in [-0.39, 0.29) is 17.1 Å². The average Bonchev–Trinajstić information content (AvgIpc) is 2.71. The molecule has 1 unspecified atom stereocenters. The van der Waals surface area contributed by atoms with E-state index in [1.165, 1.54) is 6.07 Å². The summed E-state index contributed by atoms with van der Waals surface area (Å²) in [7, 11) is 0. The third kappa shape index (κ3) is 4.03. The summed E-state index contributed by atoms with van der Waals surface area (Å²) >= 11 is 7.27. The first kappa shape index (κ1) is 15.4. The standard InChI is InChI=1S/C14H18ClFN2OS/c15-6-7-17-14(19)18-8-5-13(20-10-9-18)11-3-1-2-4-12(11)16/h1-4,13H,5-10H2,(H,17,19). The number of rotatable bonds is 3. The lowest BCUT2D eigenvalue weighted by Gasteiger charge is -2.20. The van der Waals surface area contributed by atoms with Gasteiger partial charge in [-0.3, -0.25) is 0 Å². The van der Waals surface area contributed by atoms with Crippen LogP contribution in [0, 0.1) is 5.82 Å². The number of hydrogen-bond acceptors (Lipinski definition) is 2. The Kier molecular flexibility index (Phi) is 5.98. The number of thioether (sulfide) groups is 1. The van der Waals surface area contributed by atoms with Crippen LogP contribution in [-0.2, 0) is 0 Å². The van der Waals surface area contributed by atoms with Crippen molar-refractivity contribution < 1.29 is 9.18 Å². The molecule has 0 saturated carbocycles. The highest BCUT2D eigenvalue weighted by Gasteiger charge is 2.23. The summed E-state index contributed by atoms with van der Waals surface area (Å²) in [5, 5.41) is 2.88. The fourth-order valence-corrected chi connectivity index (χ4v) is 3.57. The number of alkyl halides is 1. The molecule has 1 aromatic carbocycles. The minimum absolute atomic E-state index is 0.0829. The molecule has 3 nitrogen and oxygen atoms in total. The van der Waals surface area contributed by atoms with Gasteiger partial charge >= 0.3 is 6.03 Å². The molecular formula is C14H18ClFN2OS. The van der Waals surface area contributed by atoms with Crippen LogP contribution in [0.5, 0.6) is 0 Å². The molecule has 1 aliphatic rings. The smallest absolute Gasteiger partial charge is 0.317 e. The zero-order valence-electron chi connectivity index (χ0n) is 11.1. The van der Waals surface area contributed by atoms with Gasteiger partial charge in [-0.25, -0.2) is 9.18 Å². The van der Waals surface area contributed by atoms with Gasteiger partial charge in [0, 0.05) is 42.1 Å². The van der Waals surface area contributed by atoms with Crippen LogP contribution in [0.2, 0.25) is 0 Å². The molecule has 2 amide bonds. The van der Waals surface area contributed by atoms with Crippen molar-refractivity contribution in [1.29, 1.82) is 0 Å². The Morgan fingerprint density at radius 1 is 1.45 bits per heavy atom. The second kappa shape index (κ2) is 7.74. The minimum Gasteiger partial charge on any atom is -0.337 e. The van der Waals surface area contributed by atoms with Crippen molar-refractivity contribution in [3.05, 3.63) is 35.6 Å². The molecule has 2 rings (SSSR count). The van der Waals surface area contributed by atoms with E-state index in [0.717, 1.165) is 17.7 Å². The largest absolute Gasteiger partial charge is 0.337 e. The van der Waals surface area contributed by atoms with E-state index in [1.807, 2.05) is 12.1 Å². The van der Waals surface area contributed by atoms with Crippen LogP contribution < -0.4 is 5.32 Å². The Morgan fingerprint density at radius 3 is 3.00 bits per heavy atom. The van der Waals surface area contributed by atoms with Gasteiger partial charge in [-0.1, -0.05) is 18.2 Å². The number of amides is 2. The van der Waals surface area contributed by atoms with Crippen LogP contribution in [0.4, 0.5) is 9.18 Å². The lowest BCUT2D eigenvalue weighted by Crippen LogP contribution is -2.41. The van der Waals surface area contributed by atoms with Crippen LogP contribution in [-0.4, -0.2) is 42.2 Å². The number of carbonyl (C=O) groups is 1. The Balaban J connectivity index is 1.95. The van der Waals surface area contributed by atoms with Gasteiger partial charge in [-0.2, -0.15) is 11.8 Å². The molecule has 0 spiro atoms. The first-order valence-electron chi connectivity index (χ1n) is 6.67. The zero-order chi connectivity index (χ0) is 14.4. The molecule has 0 aliphatic carbocycles. The monoisotopic (exact) mass is 316 g/mol. The number of benzene rings is 1. The van der Waals surface area contributed by atoms with Gasteiger partial charge in [0.2, 0.25) is 0 Å². The predicted octanol–water partition coefficient (Wildman–Crippen LogP) is 3.25. The highest BCUT2D eigenvalue weighted by Crippen LogP contribution is 2.35. The Bertz CT molecular complexity index is 461. The Labute approximate surface area is 127 Å². The molecule has 1 aliphatic heterocycles. The van der Waals surface area contributed by atoms with E-state index >= 15 is 0 Å². The van der Waals surface area contributed by atoms with Gasteiger partial charge in [-0.15, -0.1) is 11.6 Å². The number of halogens is 2. The Morgan fingerprint density at radius 2 is 2.25 bits per heavy atom. The highest BCUT2D eigenvalue weighted by atomic mass is 35.5. The summed E-state index contributed by atoms with van der Waals surface area (Å²) in [6.07, 6.45) is 0.764. The molecule has 1 saturated heterocycles. The topological polar surface area (TPSA) is 32.3 Å². The molecule has 1 atom stereocenters. The normalized spacial score (nSPS) is 19.5. The molecule has 1 N–H and O–H groups in total. The van der Waals surface area contributed by atoms with Gasteiger partial charge < -0.3 is 10.2 Å². The summed E-state index contributed by atoms with van der Waals surface area (Å²) in [5.74, 6) is 1.06. The van der Waals surface area contributed by atoms with Gasteiger partial charge in [0.25, 0.3) is 0 Å². The van der Waals surface area contributed by atoms with Crippen molar-refractivity contribution in [3.63, 3.8) is 0 Å². The van der Waals surface area contributed by atoms with Crippen LogP contribution in [0.15, 0.2) is 24.3 Å². The molecular weight excluding hydrogens is 299 g/mol. The first-order valence-corrected chi connectivity index (χ1v) is 8.25. The van der Waals surface area contributed by atoms with Crippen molar-refractivity contribution >= 4 is 29.4 Å². The summed E-state index contributed by atoms with van der Waals surface area (Å²) in [5.41, 5.74) is 0.737. The van der Waals surface area contributed by atoms with Crippen molar-refractivity contribution in [1.82, 2.24) is 10.2 Å². The van der Waals surface area contributed by atoms with E-state index < -0.39 is 0 Å². The average molecular weight is 317 g/mol. The van der Waals surface area contributed by atoms with E-state index in [0.29, 0.717) is 25.5 Å². The maximum absolute atomic E-state index is 13.8. The van der Waals surface area contributed by atoms with Crippen molar-refractivity contribution in [2.45, 2.75) is 11.7 Å². The summed E-state index contributed by atoms with van der Waals surface area (Å²) < 4.78 is 13.8. The quantitative estimate of drug-likeness (QED) is 0.868. The minimum atomic E-state index is -0.162. The molecule has 110 valence electrons. The lowest BCUT2D eigenvalue weighted by molar-refractivity contribution is 0.202. The number of hydrogen-bond donors (Lipinski definition) is 1. The van der Waals surface area contributed by atoms with Crippen molar-refractivity contribution in [2.75, 3.05) is 31.3 Å². The fourth-order valence-electron chi connectivity index (χ4n) is 2.22. The van der Waals surface area contributed by atoms with Crippen LogP contribution in [0.3, 0.4) is 0 Å². The van der Waals surface area contributed by atoms with Gasteiger partial charge in [0.15, 0.2) is 0 Å². The predicted molar refractivity (Wildman–Crippen MR) is 81.9 cm³/mol. The van der Waals surface area contributed by atoms with Gasteiger partial charge in [-0.05, 0) is 12.5 Å². The maximum Gasteiger partial charge on any atom is 0.317 e. The third-order valence-corrected chi connectivity index (χ3v) is 4.75. The SMILES string of the molecule is O=C(NCCCl)N1CCSC(c2ccccc2F)CC1. The first-order chi connectivity index (χ1) is 9.72.